The molecule has 2 aliphatic rings. The van der Waals surface area contributed by atoms with Gasteiger partial charge in [-0.25, -0.2) is 4.98 Å². The number of rotatable bonds is 3. The van der Waals surface area contributed by atoms with E-state index in [4.69, 9.17) is 0 Å². The molecule has 2 nitrogen and oxygen atoms in total. The Morgan fingerprint density at radius 3 is 2.47 bits per heavy atom. The molecule has 1 saturated heterocycles. The molecule has 1 saturated carbocycles. The standard InChI is InChI=1S/C13H17F3N2S/c14-13(15,16)10-3-5-18(6-4-10)7-11-8-19-12(17-11)9-1-2-9/h8-10H,1-7H2. The molecular weight excluding hydrogens is 273 g/mol. The number of piperidine rings is 1. The number of hydrogen-bond acceptors (Lipinski definition) is 3. The van der Waals surface area contributed by atoms with E-state index in [0.717, 1.165) is 5.69 Å². The summed E-state index contributed by atoms with van der Waals surface area (Å²) in [5, 5.41) is 3.27. The molecule has 1 aliphatic heterocycles. The van der Waals surface area contributed by atoms with E-state index in [1.165, 1.54) is 17.8 Å². The van der Waals surface area contributed by atoms with E-state index in [2.05, 4.69) is 15.3 Å². The Kier molecular flexibility index (Phi) is 3.55. The van der Waals surface area contributed by atoms with E-state index in [9.17, 15) is 13.2 Å². The van der Waals surface area contributed by atoms with Crippen molar-refractivity contribution >= 4 is 11.3 Å². The molecule has 0 radical (unpaired) electrons. The highest BCUT2D eigenvalue weighted by atomic mass is 32.1. The van der Waals surface area contributed by atoms with E-state index >= 15 is 0 Å². The first-order valence-electron chi connectivity index (χ1n) is 6.76. The van der Waals surface area contributed by atoms with E-state index in [1.807, 2.05) is 0 Å². The van der Waals surface area contributed by atoms with Crippen molar-refractivity contribution in [1.29, 1.82) is 0 Å². The first-order valence-corrected chi connectivity index (χ1v) is 7.63. The van der Waals surface area contributed by atoms with Crippen molar-refractivity contribution in [3.05, 3.63) is 16.1 Å². The van der Waals surface area contributed by atoms with Crippen LogP contribution in [0.2, 0.25) is 0 Å². The minimum absolute atomic E-state index is 0.225. The van der Waals surface area contributed by atoms with Gasteiger partial charge in [0.05, 0.1) is 16.6 Å². The number of likely N-dealkylation sites (tertiary alicyclic amines) is 1. The van der Waals surface area contributed by atoms with Crippen LogP contribution in [0.25, 0.3) is 0 Å². The summed E-state index contributed by atoms with van der Waals surface area (Å²) in [5.74, 6) is -0.448. The molecule has 0 aromatic carbocycles. The fourth-order valence-electron chi connectivity index (χ4n) is 2.56. The second-order valence-electron chi connectivity index (χ2n) is 5.54. The molecular formula is C13H17F3N2S. The number of alkyl halides is 3. The maximum Gasteiger partial charge on any atom is 0.391 e. The number of hydrogen-bond donors (Lipinski definition) is 0. The van der Waals surface area contributed by atoms with Crippen molar-refractivity contribution < 1.29 is 13.2 Å². The summed E-state index contributed by atoms with van der Waals surface area (Å²) >= 11 is 1.70. The lowest BCUT2D eigenvalue weighted by Gasteiger charge is -2.32. The third-order valence-electron chi connectivity index (χ3n) is 3.93. The maximum atomic E-state index is 12.6. The Balaban J connectivity index is 1.51. The summed E-state index contributed by atoms with van der Waals surface area (Å²) in [6, 6.07) is 0. The topological polar surface area (TPSA) is 16.1 Å². The van der Waals surface area contributed by atoms with Gasteiger partial charge in [-0.15, -0.1) is 11.3 Å². The Bertz CT molecular complexity index is 431. The van der Waals surface area contributed by atoms with Crippen molar-refractivity contribution in [3.8, 4) is 0 Å². The molecule has 2 heterocycles. The minimum Gasteiger partial charge on any atom is -0.297 e. The van der Waals surface area contributed by atoms with Crippen molar-refractivity contribution in [2.45, 2.75) is 44.3 Å². The Morgan fingerprint density at radius 1 is 1.21 bits per heavy atom. The minimum atomic E-state index is -4.02. The normalized spacial score (nSPS) is 22.9. The molecule has 2 fully saturated rings. The predicted octanol–water partition coefficient (Wildman–Crippen LogP) is 3.79. The molecule has 0 unspecified atom stereocenters. The van der Waals surface area contributed by atoms with Crippen molar-refractivity contribution in [2.24, 2.45) is 5.92 Å². The second-order valence-corrected chi connectivity index (χ2v) is 6.43. The SMILES string of the molecule is FC(F)(F)C1CCN(Cc2csc(C3CC3)n2)CC1. The van der Waals surface area contributed by atoms with Gasteiger partial charge in [0.15, 0.2) is 0 Å². The van der Waals surface area contributed by atoms with Crippen LogP contribution in [0.3, 0.4) is 0 Å². The average molecular weight is 290 g/mol. The molecule has 6 heteroatoms. The second kappa shape index (κ2) is 5.05. The lowest BCUT2D eigenvalue weighted by Crippen LogP contribution is -2.38. The molecule has 0 atom stereocenters. The number of thiazole rings is 1. The zero-order chi connectivity index (χ0) is 13.5. The van der Waals surface area contributed by atoms with E-state index < -0.39 is 12.1 Å². The maximum absolute atomic E-state index is 12.6. The van der Waals surface area contributed by atoms with E-state index in [1.54, 1.807) is 11.3 Å². The molecule has 19 heavy (non-hydrogen) atoms. The molecule has 0 N–H and O–H groups in total. The smallest absolute Gasteiger partial charge is 0.297 e. The summed E-state index contributed by atoms with van der Waals surface area (Å²) in [5.41, 5.74) is 1.03. The molecule has 0 spiro atoms. The third-order valence-corrected chi connectivity index (χ3v) is 4.99. The number of nitrogens with zero attached hydrogens (tertiary/aromatic N) is 2. The zero-order valence-corrected chi connectivity index (χ0v) is 11.4. The van der Waals surface area contributed by atoms with Gasteiger partial charge in [-0.1, -0.05) is 0 Å². The quantitative estimate of drug-likeness (QED) is 0.842. The van der Waals surface area contributed by atoms with Gasteiger partial charge in [-0.2, -0.15) is 13.2 Å². The summed E-state index contributed by atoms with van der Waals surface area (Å²) in [7, 11) is 0. The average Bonchev–Trinajstić information content (AvgIpc) is 3.10. The molecule has 1 aromatic rings. The summed E-state index contributed by atoms with van der Waals surface area (Å²) < 4.78 is 37.7. The lowest BCUT2D eigenvalue weighted by atomic mass is 9.96. The van der Waals surface area contributed by atoms with Gasteiger partial charge in [-0.3, -0.25) is 4.90 Å². The van der Waals surface area contributed by atoms with Gasteiger partial charge < -0.3 is 0 Å². The fourth-order valence-corrected chi connectivity index (χ4v) is 3.54. The van der Waals surface area contributed by atoms with Crippen LogP contribution in [0.5, 0.6) is 0 Å². The molecule has 3 rings (SSSR count). The predicted molar refractivity (Wildman–Crippen MR) is 68.1 cm³/mol. The van der Waals surface area contributed by atoms with Gasteiger partial charge in [0.25, 0.3) is 0 Å². The number of aromatic nitrogens is 1. The van der Waals surface area contributed by atoms with Crippen LogP contribution >= 0.6 is 11.3 Å². The van der Waals surface area contributed by atoms with Crippen LogP contribution in [0.4, 0.5) is 13.2 Å². The van der Waals surface area contributed by atoms with E-state index in [-0.39, 0.29) is 12.8 Å². The summed E-state index contributed by atoms with van der Waals surface area (Å²) in [4.78, 5) is 6.68. The van der Waals surface area contributed by atoms with Gasteiger partial charge >= 0.3 is 6.18 Å². The van der Waals surface area contributed by atoms with Crippen LogP contribution in [0, 0.1) is 5.92 Å². The zero-order valence-electron chi connectivity index (χ0n) is 10.6. The van der Waals surface area contributed by atoms with Crippen LogP contribution < -0.4 is 0 Å². The monoisotopic (exact) mass is 290 g/mol. The van der Waals surface area contributed by atoms with E-state index in [0.29, 0.717) is 25.6 Å². The largest absolute Gasteiger partial charge is 0.391 e. The summed E-state index contributed by atoms with van der Waals surface area (Å²) in [6.45, 7) is 1.76. The Hall–Kier alpha value is -0.620. The van der Waals surface area contributed by atoms with Crippen molar-refractivity contribution in [1.82, 2.24) is 9.88 Å². The van der Waals surface area contributed by atoms with Gasteiger partial charge in [-0.05, 0) is 38.8 Å². The molecule has 0 amide bonds. The molecule has 106 valence electrons. The summed E-state index contributed by atoms with van der Waals surface area (Å²) in [6.07, 6.45) is -1.09. The molecule has 1 aliphatic carbocycles. The van der Waals surface area contributed by atoms with Crippen LogP contribution in [-0.4, -0.2) is 29.1 Å². The third kappa shape index (κ3) is 3.28. The molecule has 1 aromatic heterocycles. The first kappa shape index (κ1) is 13.4. The van der Waals surface area contributed by atoms with Crippen molar-refractivity contribution in [3.63, 3.8) is 0 Å². The Morgan fingerprint density at radius 2 is 1.89 bits per heavy atom. The first-order chi connectivity index (χ1) is 9.02. The van der Waals surface area contributed by atoms with Gasteiger partial charge in [0.1, 0.15) is 0 Å². The molecule has 0 bridgehead atoms. The van der Waals surface area contributed by atoms with Gasteiger partial charge in [0, 0.05) is 17.8 Å². The van der Waals surface area contributed by atoms with Crippen molar-refractivity contribution in [2.75, 3.05) is 13.1 Å². The highest BCUT2D eigenvalue weighted by Gasteiger charge is 2.41. The fraction of sp³-hybridized carbons (Fsp3) is 0.769. The highest BCUT2D eigenvalue weighted by molar-refractivity contribution is 7.09. The van der Waals surface area contributed by atoms with Crippen LogP contribution in [0.1, 0.15) is 42.3 Å². The lowest BCUT2D eigenvalue weighted by molar-refractivity contribution is -0.185. The van der Waals surface area contributed by atoms with Crippen LogP contribution in [-0.2, 0) is 6.54 Å². The van der Waals surface area contributed by atoms with Crippen LogP contribution in [0.15, 0.2) is 5.38 Å². The highest BCUT2D eigenvalue weighted by Crippen LogP contribution is 2.41. The van der Waals surface area contributed by atoms with Gasteiger partial charge in [0.2, 0.25) is 0 Å². The Labute approximate surface area is 114 Å². The number of halogens is 3.